The minimum atomic E-state index is -1.67. The van der Waals surface area contributed by atoms with Gasteiger partial charge < -0.3 is 28.5 Å². The first-order chi connectivity index (χ1) is 16.8. The second-order valence-electron chi connectivity index (χ2n) is 11.1. The first-order valence-electron chi connectivity index (χ1n) is 14.7. The van der Waals surface area contributed by atoms with E-state index in [1.165, 1.54) is 62.1 Å². The van der Waals surface area contributed by atoms with Crippen LogP contribution in [-0.4, -0.2) is 87.0 Å². The first-order valence-corrected chi connectivity index (χ1v) is 19.7. The molecule has 1 N–H and O–H groups in total. The normalized spacial score (nSPS) is 21.7. The van der Waals surface area contributed by atoms with E-state index in [1.54, 1.807) is 14.2 Å². The van der Waals surface area contributed by atoms with Crippen LogP contribution in [-0.2, 0) is 18.3 Å². The number of methoxy groups -OCH3 is 2. The number of piperidine rings is 1. The fraction of sp³-hybridized carbons (Fsp3) is 1.00. The van der Waals surface area contributed by atoms with Crippen molar-refractivity contribution < 1.29 is 18.3 Å². The van der Waals surface area contributed by atoms with Crippen molar-refractivity contribution >= 4 is 16.6 Å². The molecule has 208 valence electrons. The summed E-state index contributed by atoms with van der Waals surface area (Å²) in [5.74, 6) is 0. The molecule has 8 heteroatoms. The summed E-state index contributed by atoms with van der Waals surface area (Å²) in [6.07, 6.45) is 5.60. The van der Waals surface area contributed by atoms with Gasteiger partial charge in [0.15, 0.2) is 22.9 Å². The van der Waals surface area contributed by atoms with E-state index in [2.05, 4.69) is 51.8 Å². The number of ether oxygens (including phenoxy) is 2. The third kappa shape index (κ3) is 8.60. The highest BCUT2D eigenvalue weighted by atomic mass is 28.4. The van der Waals surface area contributed by atoms with Crippen molar-refractivity contribution in [2.45, 2.75) is 122 Å². The van der Waals surface area contributed by atoms with Crippen molar-refractivity contribution in [3.8, 4) is 0 Å². The molecule has 2 atom stereocenters. The zero-order chi connectivity index (χ0) is 26.0. The molecule has 2 rings (SSSR count). The van der Waals surface area contributed by atoms with Gasteiger partial charge in [0.2, 0.25) is 0 Å². The van der Waals surface area contributed by atoms with Gasteiger partial charge in [0.25, 0.3) is 0 Å². The van der Waals surface area contributed by atoms with Gasteiger partial charge in [-0.3, -0.25) is 0 Å². The molecule has 1 spiro atoms. The molecule has 1 heterocycles. The Morgan fingerprint density at radius 1 is 0.829 bits per heavy atom. The molecule has 1 aliphatic heterocycles. The summed E-state index contributed by atoms with van der Waals surface area (Å²) < 4.78 is 24.8. The molecule has 6 nitrogen and oxygen atoms in total. The Morgan fingerprint density at radius 2 is 1.40 bits per heavy atom. The number of rotatable bonds is 19. The zero-order valence-electron chi connectivity index (χ0n) is 24.4. The van der Waals surface area contributed by atoms with E-state index < -0.39 is 16.6 Å². The Morgan fingerprint density at radius 3 is 1.89 bits per heavy atom. The number of likely N-dealkylation sites (tertiary alicyclic amines) is 1. The van der Waals surface area contributed by atoms with Crippen LogP contribution in [0.4, 0.5) is 0 Å². The Hall–Kier alpha value is 0.194. The molecule has 2 aliphatic rings. The van der Waals surface area contributed by atoms with Crippen LogP contribution >= 0.6 is 0 Å². The highest BCUT2D eigenvalue weighted by Crippen LogP contribution is 2.55. The molecule has 0 aromatic heterocycles. The smallest absolute Gasteiger partial charge is 0.192 e. The van der Waals surface area contributed by atoms with Crippen LogP contribution in [0.15, 0.2) is 0 Å². The van der Waals surface area contributed by atoms with Crippen LogP contribution < -0.4 is 5.32 Å². The summed E-state index contributed by atoms with van der Waals surface area (Å²) in [6, 6.07) is 7.31. The van der Waals surface area contributed by atoms with E-state index in [1.807, 2.05) is 0 Å². The van der Waals surface area contributed by atoms with Gasteiger partial charge >= 0.3 is 0 Å². The molecule has 2 fully saturated rings. The monoisotopic (exact) mass is 530 g/mol. The van der Waals surface area contributed by atoms with Crippen LogP contribution in [0.1, 0.15) is 67.2 Å². The molecule has 1 aliphatic carbocycles. The maximum Gasteiger partial charge on any atom is 0.192 e. The van der Waals surface area contributed by atoms with E-state index in [0.29, 0.717) is 18.1 Å². The van der Waals surface area contributed by atoms with Crippen molar-refractivity contribution in [3.63, 3.8) is 0 Å². The standard InChI is InChI=1S/C27H58N2O4Si2/c1-9-34(10-2,11-3)32-24(21-28-22-26(30-7)31-8)15-19-29-20-18-27(16-17-27)25(23-29)33-35(12-4,13-5)14-6/h24-26,28H,9-23H2,1-8H3. The maximum absolute atomic E-state index is 7.12. The maximum atomic E-state index is 7.12. The fourth-order valence-corrected chi connectivity index (χ4v) is 11.8. The lowest BCUT2D eigenvalue weighted by atomic mass is 9.90. The van der Waals surface area contributed by atoms with Crippen molar-refractivity contribution in [2.75, 3.05) is 46.9 Å². The minimum Gasteiger partial charge on any atom is -0.413 e. The summed E-state index contributed by atoms with van der Waals surface area (Å²) in [4.78, 5) is 2.69. The third-order valence-electron chi connectivity index (χ3n) is 9.58. The fourth-order valence-electron chi connectivity index (χ4n) is 5.97. The Kier molecular flexibility index (Phi) is 13.4. The lowest BCUT2D eigenvalue weighted by Crippen LogP contribution is -2.52. The summed E-state index contributed by atoms with van der Waals surface area (Å²) in [7, 11) is 0.128. The van der Waals surface area contributed by atoms with Crippen molar-refractivity contribution in [2.24, 2.45) is 5.41 Å². The van der Waals surface area contributed by atoms with Crippen molar-refractivity contribution in [3.05, 3.63) is 0 Å². The van der Waals surface area contributed by atoms with Crippen LogP contribution in [0.3, 0.4) is 0 Å². The molecule has 1 saturated carbocycles. The van der Waals surface area contributed by atoms with Crippen LogP contribution in [0.25, 0.3) is 0 Å². The van der Waals surface area contributed by atoms with Crippen molar-refractivity contribution in [1.82, 2.24) is 10.2 Å². The van der Waals surface area contributed by atoms with E-state index in [0.717, 1.165) is 26.1 Å². The average molecular weight is 531 g/mol. The van der Waals surface area contributed by atoms with Crippen LogP contribution in [0.2, 0.25) is 36.3 Å². The topological polar surface area (TPSA) is 52.2 Å². The Labute approximate surface area is 219 Å². The second kappa shape index (κ2) is 15.0. The largest absolute Gasteiger partial charge is 0.413 e. The highest BCUT2D eigenvalue weighted by Gasteiger charge is 2.54. The molecule has 0 aromatic rings. The van der Waals surface area contributed by atoms with Crippen LogP contribution in [0, 0.1) is 5.41 Å². The molecule has 0 amide bonds. The van der Waals surface area contributed by atoms with Crippen molar-refractivity contribution in [1.29, 1.82) is 0 Å². The van der Waals surface area contributed by atoms with Gasteiger partial charge in [-0.1, -0.05) is 41.5 Å². The van der Waals surface area contributed by atoms with Crippen LogP contribution in [0.5, 0.6) is 0 Å². The quantitative estimate of drug-likeness (QED) is 0.167. The number of hydrogen-bond donors (Lipinski definition) is 1. The summed E-state index contributed by atoms with van der Waals surface area (Å²) in [5.41, 5.74) is 0.496. The second-order valence-corrected chi connectivity index (χ2v) is 20.5. The van der Waals surface area contributed by atoms with Gasteiger partial charge in [-0.15, -0.1) is 0 Å². The third-order valence-corrected chi connectivity index (χ3v) is 18.9. The molecule has 0 aromatic carbocycles. The van der Waals surface area contributed by atoms with Gasteiger partial charge in [-0.2, -0.15) is 0 Å². The molecule has 0 radical (unpaired) electrons. The SMILES string of the molecule is CC[Si](CC)(CC)OC(CCN1CCC2(CC2)C(O[Si](CC)(CC)CC)C1)CNCC(OC)OC. The highest BCUT2D eigenvalue weighted by molar-refractivity contribution is 6.74. The molecule has 0 bridgehead atoms. The van der Waals surface area contributed by atoms with Gasteiger partial charge in [0, 0.05) is 40.4 Å². The minimum absolute atomic E-state index is 0.212. The average Bonchev–Trinajstić information content (AvgIpc) is 3.68. The van der Waals surface area contributed by atoms with Gasteiger partial charge in [-0.25, -0.2) is 0 Å². The lowest BCUT2D eigenvalue weighted by molar-refractivity contribution is -0.0993. The van der Waals surface area contributed by atoms with Gasteiger partial charge in [-0.05, 0) is 73.9 Å². The molecular weight excluding hydrogens is 472 g/mol. The number of nitrogens with zero attached hydrogens (tertiary/aromatic N) is 1. The van der Waals surface area contributed by atoms with E-state index in [4.69, 9.17) is 18.3 Å². The van der Waals surface area contributed by atoms with E-state index in [-0.39, 0.29) is 12.4 Å². The number of nitrogens with one attached hydrogen (secondary N) is 1. The van der Waals surface area contributed by atoms with Gasteiger partial charge in [0.1, 0.15) is 0 Å². The number of hydrogen-bond acceptors (Lipinski definition) is 6. The summed E-state index contributed by atoms with van der Waals surface area (Å²) in [6.45, 7) is 19.0. The van der Waals surface area contributed by atoms with E-state index in [9.17, 15) is 0 Å². The molecule has 2 unspecified atom stereocenters. The molecule has 1 saturated heterocycles. The predicted octanol–water partition coefficient (Wildman–Crippen LogP) is 5.85. The Bertz CT molecular complexity index is 565. The van der Waals surface area contributed by atoms with Gasteiger partial charge in [0.05, 0.1) is 12.2 Å². The predicted molar refractivity (Wildman–Crippen MR) is 152 cm³/mol. The zero-order valence-corrected chi connectivity index (χ0v) is 26.4. The molecule has 35 heavy (non-hydrogen) atoms. The summed E-state index contributed by atoms with van der Waals surface area (Å²) >= 11 is 0. The van der Waals surface area contributed by atoms with E-state index >= 15 is 0 Å². The molecular formula is C27H58N2O4Si2. The first kappa shape index (κ1) is 31.4. The summed E-state index contributed by atoms with van der Waals surface area (Å²) in [5, 5.41) is 3.57. The Balaban J connectivity index is 2.01. The lowest BCUT2D eigenvalue weighted by Gasteiger charge is -2.44.